The summed E-state index contributed by atoms with van der Waals surface area (Å²) in [7, 11) is -3.73. The van der Waals surface area contributed by atoms with Gasteiger partial charge in [0.25, 0.3) is 5.91 Å². The predicted molar refractivity (Wildman–Crippen MR) is 125 cm³/mol. The zero-order chi connectivity index (χ0) is 23.7. The van der Waals surface area contributed by atoms with E-state index in [2.05, 4.69) is 15.4 Å². The van der Waals surface area contributed by atoms with E-state index >= 15 is 0 Å². The van der Waals surface area contributed by atoms with Crippen molar-refractivity contribution in [2.24, 2.45) is 0 Å². The van der Waals surface area contributed by atoms with Gasteiger partial charge in [-0.05, 0) is 61.4 Å². The van der Waals surface area contributed by atoms with Crippen LogP contribution < -0.4 is 15.4 Å². The van der Waals surface area contributed by atoms with E-state index in [4.69, 9.17) is 5.26 Å². The number of carbonyl (C=O) groups excluding carboxylic acids is 2. The van der Waals surface area contributed by atoms with Crippen molar-refractivity contribution < 1.29 is 18.0 Å². The number of rotatable bonds is 7. The van der Waals surface area contributed by atoms with E-state index in [1.165, 1.54) is 24.3 Å². The second kappa shape index (κ2) is 11.4. The number of hydrogen-bond donors (Lipinski definition) is 3. The van der Waals surface area contributed by atoms with E-state index in [9.17, 15) is 18.0 Å². The highest BCUT2D eigenvalue weighted by Crippen LogP contribution is 2.17. The number of nitriles is 1. The maximum Gasteiger partial charge on any atom is 0.321 e. The highest BCUT2D eigenvalue weighted by atomic mass is 32.2. The van der Waals surface area contributed by atoms with Gasteiger partial charge in [0.15, 0.2) is 0 Å². The molecule has 3 rings (SSSR count). The first kappa shape index (κ1) is 24.2. The maximum absolute atomic E-state index is 12.5. The van der Waals surface area contributed by atoms with E-state index < -0.39 is 15.9 Å². The summed E-state index contributed by atoms with van der Waals surface area (Å²) in [6, 6.07) is 14.1. The zero-order valence-corrected chi connectivity index (χ0v) is 19.0. The first-order chi connectivity index (χ1) is 15.9. The minimum atomic E-state index is -3.73. The molecule has 0 unspecified atom stereocenters. The summed E-state index contributed by atoms with van der Waals surface area (Å²) in [5.74, 6) is -0.391. The molecule has 1 heterocycles. The van der Waals surface area contributed by atoms with E-state index in [-0.39, 0.29) is 23.9 Å². The van der Waals surface area contributed by atoms with Crippen LogP contribution in [0.25, 0.3) is 0 Å². The molecule has 1 aliphatic heterocycles. The molecule has 1 aliphatic rings. The number of amides is 3. The molecule has 0 radical (unpaired) electrons. The van der Waals surface area contributed by atoms with Gasteiger partial charge in [0.05, 0.1) is 11.0 Å². The Morgan fingerprint density at radius 2 is 1.45 bits per heavy atom. The van der Waals surface area contributed by atoms with Crippen LogP contribution in [0.3, 0.4) is 0 Å². The summed E-state index contributed by atoms with van der Waals surface area (Å²) in [4.78, 5) is 26.8. The van der Waals surface area contributed by atoms with Crippen LogP contribution in [-0.4, -0.2) is 44.9 Å². The van der Waals surface area contributed by atoms with Crippen molar-refractivity contribution in [3.05, 3.63) is 54.1 Å². The number of likely N-dealkylation sites (tertiary alicyclic amines) is 1. The number of hydrogen-bond acceptors (Lipinski definition) is 5. The van der Waals surface area contributed by atoms with Gasteiger partial charge in [-0.25, -0.2) is 17.9 Å². The van der Waals surface area contributed by atoms with Gasteiger partial charge in [-0.2, -0.15) is 5.26 Å². The third kappa shape index (κ3) is 7.03. The number of urea groups is 1. The number of nitrogens with zero attached hydrogens (tertiary/aromatic N) is 2. The van der Waals surface area contributed by atoms with Gasteiger partial charge in [0.1, 0.15) is 0 Å². The minimum absolute atomic E-state index is 0.0153. The molecule has 33 heavy (non-hydrogen) atoms. The van der Waals surface area contributed by atoms with Crippen molar-refractivity contribution in [3.63, 3.8) is 0 Å². The summed E-state index contributed by atoms with van der Waals surface area (Å²) in [6.07, 6.45) is 4.40. The van der Waals surface area contributed by atoms with Gasteiger partial charge >= 0.3 is 6.03 Å². The van der Waals surface area contributed by atoms with Crippen LogP contribution in [0.15, 0.2) is 53.4 Å². The summed E-state index contributed by atoms with van der Waals surface area (Å²) in [5.41, 5.74) is 1.48. The molecule has 0 spiro atoms. The lowest BCUT2D eigenvalue weighted by Crippen LogP contribution is -2.35. The predicted octanol–water partition coefficient (Wildman–Crippen LogP) is 3.54. The number of sulfonamides is 1. The first-order valence-electron chi connectivity index (χ1n) is 10.8. The smallest absolute Gasteiger partial charge is 0.321 e. The molecule has 3 amide bonds. The number of nitrogens with one attached hydrogen (secondary N) is 3. The van der Waals surface area contributed by atoms with Crippen molar-refractivity contribution >= 4 is 33.3 Å². The molecule has 9 nitrogen and oxygen atoms in total. The third-order valence-electron chi connectivity index (χ3n) is 5.24. The third-order valence-corrected chi connectivity index (χ3v) is 6.72. The Hall–Kier alpha value is -3.42. The fraction of sp³-hybridized carbons (Fsp3) is 0.348. The molecule has 0 atom stereocenters. The lowest BCUT2D eigenvalue weighted by molar-refractivity contribution is 0.102. The fourth-order valence-electron chi connectivity index (χ4n) is 3.43. The van der Waals surface area contributed by atoms with Crippen LogP contribution in [0.4, 0.5) is 16.2 Å². The van der Waals surface area contributed by atoms with E-state index in [1.54, 1.807) is 24.3 Å². The lowest BCUT2D eigenvalue weighted by atomic mass is 10.2. The fourth-order valence-corrected chi connectivity index (χ4v) is 4.46. The Morgan fingerprint density at radius 1 is 0.879 bits per heavy atom. The van der Waals surface area contributed by atoms with Crippen molar-refractivity contribution in [1.82, 2.24) is 9.62 Å². The van der Waals surface area contributed by atoms with Crippen molar-refractivity contribution in [1.29, 1.82) is 5.26 Å². The van der Waals surface area contributed by atoms with E-state index in [0.29, 0.717) is 16.9 Å². The number of benzene rings is 2. The van der Waals surface area contributed by atoms with Crippen LogP contribution in [0.5, 0.6) is 0 Å². The number of carbonyl (C=O) groups is 2. The monoisotopic (exact) mass is 469 g/mol. The highest BCUT2D eigenvalue weighted by molar-refractivity contribution is 7.89. The van der Waals surface area contributed by atoms with Crippen LogP contribution in [0.2, 0.25) is 0 Å². The quantitative estimate of drug-likeness (QED) is 0.534. The van der Waals surface area contributed by atoms with Crippen molar-refractivity contribution in [2.45, 2.75) is 37.0 Å². The van der Waals surface area contributed by atoms with Crippen LogP contribution >= 0.6 is 0 Å². The molecule has 10 heteroatoms. The molecule has 3 N–H and O–H groups in total. The van der Waals surface area contributed by atoms with Crippen LogP contribution in [0.1, 0.15) is 42.5 Å². The molecular formula is C23H27N5O4S. The second-order valence-electron chi connectivity index (χ2n) is 7.69. The zero-order valence-electron chi connectivity index (χ0n) is 18.2. The Bertz CT molecular complexity index is 1100. The van der Waals surface area contributed by atoms with Crippen molar-refractivity contribution in [2.75, 3.05) is 30.3 Å². The molecule has 0 aromatic heterocycles. The lowest BCUT2D eigenvalue weighted by Gasteiger charge is -2.20. The summed E-state index contributed by atoms with van der Waals surface area (Å²) < 4.78 is 26.6. The Kier molecular flexibility index (Phi) is 8.40. The summed E-state index contributed by atoms with van der Waals surface area (Å²) >= 11 is 0. The van der Waals surface area contributed by atoms with Gasteiger partial charge in [0, 0.05) is 43.0 Å². The van der Waals surface area contributed by atoms with Gasteiger partial charge in [-0.3, -0.25) is 4.79 Å². The molecule has 0 bridgehead atoms. The molecule has 174 valence electrons. The first-order valence-corrected chi connectivity index (χ1v) is 12.3. The van der Waals surface area contributed by atoms with Gasteiger partial charge < -0.3 is 15.5 Å². The minimum Gasteiger partial charge on any atom is -0.325 e. The normalized spacial score (nSPS) is 14.1. The summed E-state index contributed by atoms with van der Waals surface area (Å²) in [5, 5.41) is 14.2. The molecule has 0 saturated carbocycles. The molecule has 1 fully saturated rings. The topological polar surface area (TPSA) is 131 Å². The Labute approximate surface area is 193 Å². The average molecular weight is 470 g/mol. The van der Waals surface area contributed by atoms with Crippen molar-refractivity contribution in [3.8, 4) is 6.07 Å². The van der Waals surface area contributed by atoms with Crippen LogP contribution in [0, 0.1) is 11.3 Å². The summed E-state index contributed by atoms with van der Waals surface area (Å²) in [6.45, 7) is 1.54. The molecule has 2 aromatic carbocycles. The van der Waals surface area contributed by atoms with Gasteiger partial charge in [0.2, 0.25) is 10.0 Å². The largest absolute Gasteiger partial charge is 0.325 e. The maximum atomic E-state index is 12.5. The van der Waals surface area contributed by atoms with Crippen LogP contribution in [-0.2, 0) is 10.0 Å². The van der Waals surface area contributed by atoms with E-state index in [1.807, 2.05) is 11.0 Å². The standard InChI is InChI=1S/C23H27N5O4S/c24-14-5-15-25-33(31,32)21-12-6-18(7-13-21)22(29)26-19-8-10-20(11-9-19)27-23(30)28-16-3-1-2-4-17-28/h6-13,25H,1-5,15-17H2,(H,26,29)(H,27,30). The Morgan fingerprint density at radius 3 is 2.03 bits per heavy atom. The molecule has 2 aromatic rings. The van der Waals surface area contributed by atoms with Gasteiger partial charge in [-0.1, -0.05) is 12.8 Å². The average Bonchev–Trinajstić information content (AvgIpc) is 3.10. The molecular weight excluding hydrogens is 442 g/mol. The number of anilines is 2. The highest BCUT2D eigenvalue weighted by Gasteiger charge is 2.16. The van der Waals surface area contributed by atoms with Gasteiger partial charge in [-0.15, -0.1) is 0 Å². The van der Waals surface area contributed by atoms with E-state index in [0.717, 1.165) is 38.8 Å². The molecule has 0 aliphatic carbocycles. The molecule has 1 saturated heterocycles. The SMILES string of the molecule is N#CCCNS(=O)(=O)c1ccc(C(=O)Nc2ccc(NC(=O)N3CCCCCC3)cc2)cc1. The second-order valence-corrected chi connectivity index (χ2v) is 9.46. The Balaban J connectivity index is 1.56.